The van der Waals surface area contributed by atoms with Crippen molar-refractivity contribution in [1.29, 1.82) is 0 Å². The van der Waals surface area contributed by atoms with Gasteiger partial charge in [-0.25, -0.2) is 0 Å². The Morgan fingerprint density at radius 1 is 1.09 bits per heavy atom. The fourth-order valence-corrected chi connectivity index (χ4v) is 0.535. The van der Waals surface area contributed by atoms with Gasteiger partial charge in [0.2, 0.25) is 0 Å². The normalized spacial score (nSPS) is 12.1. The van der Waals surface area contributed by atoms with Crippen molar-refractivity contribution in [3.8, 4) is 0 Å². The first-order valence-electron chi connectivity index (χ1n) is 1.88. The van der Waals surface area contributed by atoms with Gasteiger partial charge in [0, 0.05) is 11.8 Å². The van der Waals surface area contributed by atoms with Crippen molar-refractivity contribution in [3.05, 3.63) is 0 Å². The second-order valence-corrected chi connectivity index (χ2v) is 2.44. The molecule has 0 bridgehead atoms. The van der Waals surface area contributed by atoms with Gasteiger partial charge in [0.05, 0.1) is 0 Å². The first kappa shape index (κ1) is 13.2. The summed E-state index contributed by atoms with van der Waals surface area (Å²) in [6, 6.07) is 0. The van der Waals surface area contributed by atoms with Crippen molar-refractivity contribution >= 4 is 18.0 Å². The van der Waals surface area contributed by atoms with Crippen molar-refractivity contribution in [3.63, 3.8) is 0 Å². The lowest BCUT2D eigenvalue weighted by Crippen LogP contribution is -2.19. The first-order chi connectivity index (χ1) is 4.27. The Balaban J connectivity index is 0. The maximum atomic E-state index is 11.5. The van der Waals surface area contributed by atoms with Crippen molar-refractivity contribution < 1.29 is 32.2 Å². The number of rotatable bonds is 2. The molecule has 2 N–H and O–H groups in total. The van der Waals surface area contributed by atoms with E-state index in [1.54, 1.807) is 0 Å². The Labute approximate surface area is 62.1 Å². The molecule has 2 nitrogen and oxygen atoms in total. The SMILES string of the molecule is O.O=CC(F)(F)SC(F)(F)F. The topological polar surface area (TPSA) is 48.6 Å². The average molecular weight is 198 g/mol. The number of alkyl halides is 5. The second kappa shape index (κ2) is 3.86. The smallest absolute Gasteiger partial charge is 0.412 e. The molecular formula is C3H3F5O2S. The van der Waals surface area contributed by atoms with Crippen LogP contribution in [0.2, 0.25) is 0 Å². The monoisotopic (exact) mass is 198 g/mol. The van der Waals surface area contributed by atoms with Crippen LogP contribution < -0.4 is 0 Å². The second-order valence-electron chi connectivity index (χ2n) is 1.23. The van der Waals surface area contributed by atoms with Crippen LogP contribution in [-0.4, -0.2) is 22.5 Å². The van der Waals surface area contributed by atoms with Crippen molar-refractivity contribution in [2.75, 3.05) is 0 Å². The van der Waals surface area contributed by atoms with Crippen LogP contribution in [0.25, 0.3) is 0 Å². The largest absolute Gasteiger partial charge is 0.447 e. The summed E-state index contributed by atoms with van der Waals surface area (Å²) in [5, 5.41) is -4.36. The molecule has 0 unspecified atom stereocenters. The minimum absolute atomic E-state index is 0. The van der Waals surface area contributed by atoms with Crippen LogP contribution in [-0.2, 0) is 4.79 Å². The number of halogens is 5. The minimum Gasteiger partial charge on any atom is -0.412 e. The summed E-state index contributed by atoms with van der Waals surface area (Å²) >= 11 is -1.64. The fraction of sp³-hybridized carbons (Fsp3) is 0.667. The van der Waals surface area contributed by atoms with Gasteiger partial charge >= 0.3 is 10.8 Å². The minimum atomic E-state index is -5.08. The molecule has 8 heteroatoms. The van der Waals surface area contributed by atoms with Crippen molar-refractivity contribution in [1.82, 2.24) is 0 Å². The number of hydrogen-bond acceptors (Lipinski definition) is 2. The highest BCUT2D eigenvalue weighted by Crippen LogP contribution is 2.41. The molecule has 0 spiro atoms. The van der Waals surface area contributed by atoms with Gasteiger partial charge in [0.1, 0.15) is 0 Å². The van der Waals surface area contributed by atoms with Crippen molar-refractivity contribution in [2.24, 2.45) is 0 Å². The van der Waals surface area contributed by atoms with Crippen LogP contribution in [0.15, 0.2) is 0 Å². The number of carbonyl (C=O) groups is 1. The molecule has 68 valence electrons. The average Bonchev–Trinajstić information content (AvgIpc) is 1.60. The van der Waals surface area contributed by atoms with Gasteiger partial charge in [-0.2, -0.15) is 22.0 Å². The Kier molecular flexibility index (Phi) is 4.65. The third-order valence-corrected chi connectivity index (χ3v) is 0.989. The van der Waals surface area contributed by atoms with E-state index in [9.17, 15) is 26.7 Å². The molecular weight excluding hydrogens is 195 g/mol. The van der Waals surface area contributed by atoms with E-state index >= 15 is 0 Å². The number of aldehydes is 1. The lowest BCUT2D eigenvalue weighted by molar-refractivity contribution is -0.120. The summed E-state index contributed by atoms with van der Waals surface area (Å²) in [4.78, 5) is 9.23. The van der Waals surface area contributed by atoms with Crippen molar-refractivity contribution in [2.45, 2.75) is 10.8 Å². The highest BCUT2D eigenvalue weighted by molar-refractivity contribution is 8.01. The summed E-state index contributed by atoms with van der Waals surface area (Å²) in [6.07, 6.45) is -1.05. The molecule has 0 aromatic heterocycles. The molecule has 11 heavy (non-hydrogen) atoms. The van der Waals surface area contributed by atoms with E-state index < -0.39 is 28.8 Å². The number of hydrogen-bond donors (Lipinski definition) is 0. The fourth-order valence-electron chi connectivity index (χ4n) is 0.178. The van der Waals surface area contributed by atoms with E-state index in [1.807, 2.05) is 0 Å². The highest BCUT2D eigenvalue weighted by atomic mass is 32.2. The number of carbonyl (C=O) groups excluding carboxylic acids is 1. The van der Waals surface area contributed by atoms with Crippen LogP contribution in [0, 0.1) is 0 Å². The first-order valence-corrected chi connectivity index (χ1v) is 2.69. The van der Waals surface area contributed by atoms with Gasteiger partial charge in [-0.3, -0.25) is 4.79 Å². The van der Waals surface area contributed by atoms with Crippen LogP contribution in [0.5, 0.6) is 0 Å². The molecule has 0 aromatic carbocycles. The molecule has 0 saturated carbocycles. The molecule has 0 amide bonds. The zero-order valence-corrected chi connectivity index (χ0v) is 5.60. The Morgan fingerprint density at radius 3 is 1.55 bits per heavy atom. The van der Waals surface area contributed by atoms with Gasteiger partial charge in [-0.05, 0) is 0 Å². The molecule has 0 fully saturated rings. The molecule has 0 rings (SSSR count). The maximum absolute atomic E-state index is 11.5. The quantitative estimate of drug-likeness (QED) is 0.494. The molecule has 0 radical (unpaired) electrons. The summed E-state index contributed by atoms with van der Waals surface area (Å²) in [5.74, 6) is 0. The summed E-state index contributed by atoms with van der Waals surface area (Å²) < 4.78 is 56.2. The van der Waals surface area contributed by atoms with Crippen LogP contribution in [0.4, 0.5) is 22.0 Å². The maximum Gasteiger partial charge on any atom is 0.447 e. The molecule has 0 aliphatic heterocycles. The van der Waals surface area contributed by atoms with E-state index in [-0.39, 0.29) is 5.48 Å². The molecule has 0 aromatic rings. The van der Waals surface area contributed by atoms with Gasteiger partial charge in [0.15, 0.2) is 6.29 Å². The number of thioether (sulfide) groups is 1. The Bertz CT molecular complexity index is 132. The van der Waals surface area contributed by atoms with Crippen LogP contribution >= 0.6 is 11.8 Å². The highest BCUT2D eigenvalue weighted by Gasteiger charge is 2.44. The third-order valence-electron chi connectivity index (χ3n) is 0.389. The van der Waals surface area contributed by atoms with Crippen LogP contribution in [0.3, 0.4) is 0 Å². The summed E-state index contributed by atoms with van der Waals surface area (Å²) in [5.41, 5.74) is -5.08. The standard InChI is InChI=1S/C3HF5OS.H2O/c4-2(5,1-9)10-3(6,7)8;/h1H;1H2. The molecule has 0 aliphatic rings. The molecule has 0 saturated heterocycles. The molecule has 0 atom stereocenters. The van der Waals surface area contributed by atoms with Gasteiger partial charge in [-0.1, -0.05) is 0 Å². The van der Waals surface area contributed by atoms with Crippen LogP contribution in [0.1, 0.15) is 0 Å². The Morgan fingerprint density at radius 2 is 1.45 bits per heavy atom. The van der Waals surface area contributed by atoms with Gasteiger partial charge in [0.25, 0.3) is 0 Å². The van der Waals surface area contributed by atoms with Gasteiger partial charge < -0.3 is 5.48 Å². The van der Waals surface area contributed by atoms with Gasteiger partial charge in [-0.15, -0.1) is 0 Å². The van der Waals surface area contributed by atoms with E-state index in [2.05, 4.69) is 0 Å². The van der Waals surface area contributed by atoms with E-state index in [0.717, 1.165) is 0 Å². The predicted octanol–water partition coefficient (Wildman–Crippen LogP) is 1.21. The lowest BCUT2D eigenvalue weighted by Gasteiger charge is -2.09. The lowest BCUT2D eigenvalue weighted by atomic mass is 10.8. The zero-order chi connectivity index (χ0) is 8.41. The zero-order valence-electron chi connectivity index (χ0n) is 4.78. The Hall–Kier alpha value is -0.370. The predicted molar refractivity (Wildman–Crippen MR) is 28.3 cm³/mol. The summed E-state index contributed by atoms with van der Waals surface area (Å²) in [7, 11) is 0. The van der Waals surface area contributed by atoms with E-state index in [0.29, 0.717) is 0 Å². The molecule has 0 heterocycles. The summed E-state index contributed by atoms with van der Waals surface area (Å²) in [6.45, 7) is 0. The van der Waals surface area contributed by atoms with E-state index in [1.165, 1.54) is 0 Å². The third kappa shape index (κ3) is 7.53. The molecule has 0 aliphatic carbocycles. The van der Waals surface area contributed by atoms with E-state index in [4.69, 9.17) is 0 Å².